The van der Waals surface area contributed by atoms with E-state index in [-0.39, 0.29) is 31.0 Å². The minimum Gasteiger partial charge on any atom is -0.489 e. The zero-order valence-corrected chi connectivity index (χ0v) is 10.6. The van der Waals surface area contributed by atoms with Gasteiger partial charge in [0.25, 0.3) is 5.91 Å². The molecule has 3 rings (SSSR count). The molecule has 2 heterocycles. The van der Waals surface area contributed by atoms with Crippen molar-refractivity contribution in [3.05, 3.63) is 18.2 Å². The molecule has 1 amide bonds. The molecular weight excluding hydrogens is 256 g/mol. The van der Waals surface area contributed by atoms with Gasteiger partial charge in [-0.3, -0.25) is 4.79 Å². The Morgan fingerprint density at radius 3 is 3.06 bits per heavy atom. The molecule has 6 heteroatoms. The third-order valence-corrected chi connectivity index (χ3v) is 2.90. The van der Waals surface area contributed by atoms with E-state index in [4.69, 9.17) is 9.47 Å². The van der Waals surface area contributed by atoms with Crippen LogP contribution in [0.1, 0.15) is 6.42 Å². The Labute approximate surface area is 111 Å². The number of ether oxygens (including phenoxy) is 2. The number of carbonyl (C=O) groups is 1. The third kappa shape index (κ3) is 2.68. The van der Waals surface area contributed by atoms with Crippen LogP contribution in [0.15, 0.2) is 18.2 Å². The molecule has 1 aromatic carbocycles. The first kappa shape index (κ1) is 13.0. The first-order valence-corrected chi connectivity index (χ1v) is 5.75. The Hall–Kier alpha value is -1.46. The van der Waals surface area contributed by atoms with Crippen molar-refractivity contribution >= 4 is 24.0 Å². The molecule has 18 heavy (non-hydrogen) atoms. The normalized spacial score (nSPS) is 21.3. The van der Waals surface area contributed by atoms with E-state index in [2.05, 4.69) is 10.6 Å². The molecule has 2 aliphatic heterocycles. The van der Waals surface area contributed by atoms with Gasteiger partial charge in [-0.15, -0.1) is 12.4 Å². The van der Waals surface area contributed by atoms with Crippen molar-refractivity contribution in [3.8, 4) is 11.5 Å². The summed E-state index contributed by atoms with van der Waals surface area (Å²) in [4.78, 5) is 11.2. The van der Waals surface area contributed by atoms with Crippen molar-refractivity contribution in [1.29, 1.82) is 0 Å². The van der Waals surface area contributed by atoms with Gasteiger partial charge in [0.2, 0.25) is 0 Å². The molecular formula is C12H15ClN2O3. The second kappa shape index (κ2) is 5.46. The van der Waals surface area contributed by atoms with Crippen molar-refractivity contribution < 1.29 is 14.3 Å². The summed E-state index contributed by atoms with van der Waals surface area (Å²) >= 11 is 0. The molecule has 0 radical (unpaired) electrons. The summed E-state index contributed by atoms with van der Waals surface area (Å²) in [7, 11) is 0. The van der Waals surface area contributed by atoms with Crippen LogP contribution in [-0.4, -0.2) is 31.7 Å². The number of anilines is 1. The molecule has 2 aliphatic rings. The van der Waals surface area contributed by atoms with E-state index in [0.717, 1.165) is 25.3 Å². The fraction of sp³-hybridized carbons (Fsp3) is 0.417. The van der Waals surface area contributed by atoms with Crippen LogP contribution in [0.3, 0.4) is 0 Å². The smallest absolute Gasteiger partial charge is 0.262 e. The number of hydrogen-bond donors (Lipinski definition) is 2. The van der Waals surface area contributed by atoms with E-state index in [1.807, 2.05) is 18.2 Å². The highest BCUT2D eigenvalue weighted by Gasteiger charge is 2.19. The van der Waals surface area contributed by atoms with Gasteiger partial charge in [-0.05, 0) is 25.1 Å². The minimum atomic E-state index is -0.128. The van der Waals surface area contributed by atoms with Crippen molar-refractivity contribution in [2.75, 3.05) is 25.0 Å². The molecule has 2 N–H and O–H groups in total. The lowest BCUT2D eigenvalue weighted by atomic mass is 10.2. The SMILES string of the molecule is Cl.O=C1COc2ccc(O[C@H]3CCNC3)cc2N1. The molecule has 1 fully saturated rings. The number of amides is 1. The monoisotopic (exact) mass is 270 g/mol. The number of hydrogen-bond acceptors (Lipinski definition) is 4. The molecule has 1 saturated heterocycles. The van der Waals surface area contributed by atoms with Gasteiger partial charge in [-0.25, -0.2) is 0 Å². The van der Waals surface area contributed by atoms with Gasteiger partial charge in [0.05, 0.1) is 5.69 Å². The van der Waals surface area contributed by atoms with Crippen LogP contribution in [0.25, 0.3) is 0 Å². The van der Waals surface area contributed by atoms with Crippen LogP contribution < -0.4 is 20.1 Å². The summed E-state index contributed by atoms with van der Waals surface area (Å²) in [6.07, 6.45) is 1.23. The summed E-state index contributed by atoms with van der Waals surface area (Å²) in [5, 5.41) is 6.01. The second-order valence-corrected chi connectivity index (χ2v) is 4.23. The lowest BCUT2D eigenvalue weighted by Gasteiger charge is -2.19. The molecule has 0 saturated carbocycles. The van der Waals surface area contributed by atoms with Gasteiger partial charge in [-0.1, -0.05) is 0 Å². The lowest BCUT2D eigenvalue weighted by molar-refractivity contribution is -0.118. The average molecular weight is 271 g/mol. The third-order valence-electron chi connectivity index (χ3n) is 2.90. The molecule has 0 aromatic heterocycles. The van der Waals surface area contributed by atoms with Crippen LogP contribution >= 0.6 is 12.4 Å². The highest BCUT2D eigenvalue weighted by Crippen LogP contribution is 2.32. The zero-order chi connectivity index (χ0) is 11.7. The van der Waals surface area contributed by atoms with E-state index in [0.29, 0.717) is 11.4 Å². The van der Waals surface area contributed by atoms with Crippen LogP contribution in [0.2, 0.25) is 0 Å². The first-order valence-electron chi connectivity index (χ1n) is 5.75. The highest BCUT2D eigenvalue weighted by molar-refractivity contribution is 5.95. The predicted octanol–water partition coefficient (Wildman–Crippen LogP) is 1.18. The van der Waals surface area contributed by atoms with Gasteiger partial charge in [-0.2, -0.15) is 0 Å². The minimum absolute atomic E-state index is 0. The Balaban J connectivity index is 0.00000120. The van der Waals surface area contributed by atoms with Crippen molar-refractivity contribution in [1.82, 2.24) is 5.32 Å². The lowest BCUT2D eigenvalue weighted by Crippen LogP contribution is -2.25. The summed E-state index contributed by atoms with van der Waals surface area (Å²) in [5.41, 5.74) is 0.685. The van der Waals surface area contributed by atoms with Gasteiger partial charge >= 0.3 is 0 Å². The van der Waals surface area contributed by atoms with E-state index in [9.17, 15) is 4.79 Å². The molecule has 1 atom stereocenters. The van der Waals surface area contributed by atoms with E-state index < -0.39 is 0 Å². The van der Waals surface area contributed by atoms with Gasteiger partial charge < -0.3 is 20.1 Å². The van der Waals surface area contributed by atoms with E-state index in [1.165, 1.54) is 0 Å². The summed E-state index contributed by atoms with van der Waals surface area (Å²) < 4.78 is 11.1. The van der Waals surface area contributed by atoms with E-state index >= 15 is 0 Å². The molecule has 0 bridgehead atoms. The van der Waals surface area contributed by atoms with Crippen LogP contribution in [0, 0.1) is 0 Å². The number of benzene rings is 1. The van der Waals surface area contributed by atoms with Crippen LogP contribution in [0.5, 0.6) is 11.5 Å². The molecule has 1 aromatic rings. The molecule has 0 aliphatic carbocycles. The van der Waals surface area contributed by atoms with Crippen molar-refractivity contribution in [2.24, 2.45) is 0 Å². The van der Waals surface area contributed by atoms with Crippen LogP contribution in [0.4, 0.5) is 5.69 Å². The Kier molecular flexibility index (Phi) is 3.93. The average Bonchev–Trinajstić information content (AvgIpc) is 2.81. The number of halogens is 1. The fourth-order valence-electron chi connectivity index (χ4n) is 2.06. The molecule has 0 unspecified atom stereocenters. The second-order valence-electron chi connectivity index (χ2n) is 4.23. The first-order chi connectivity index (χ1) is 8.31. The molecule has 98 valence electrons. The Morgan fingerprint density at radius 2 is 2.28 bits per heavy atom. The standard InChI is InChI=1S/C12H14N2O3.ClH/c15-12-7-16-11-2-1-8(5-10(11)14-12)17-9-3-4-13-6-9;/h1-2,5,9,13H,3-4,6-7H2,(H,14,15);1H/t9-;/m0./s1. The largest absolute Gasteiger partial charge is 0.489 e. The summed E-state index contributed by atoms with van der Waals surface area (Å²) in [5.74, 6) is 1.34. The van der Waals surface area contributed by atoms with Crippen molar-refractivity contribution in [2.45, 2.75) is 12.5 Å². The van der Waals surface area contributed by atoms with Crippen molar-refractivity contribution in [3.63, 3.8) is 0 Å². The Bertz CT molecular complexity index is 447. The molecule has 5 nitrogen and oxygen atoms in total. The van der Waals surface area contributed by atoms with Gasteiger partial charge in [0, 0.05) is 12.6 Å². The van der Waals surface area contributed by atoms with Gasteiger partial charge in [0.1, 0.15) is 17.6 Å². The van der Waals surface area contributed by atoms with Crippen LogP contribution in [-0.2, 0) is 4.79 Å². The summed E-state index contributed by atoms with van der Waals surface area (Å²) in [6, 6.07) is 5.51. The number of rotatable bonds is 2. The quantitative estimate of drug-likeness (QED) is 0.847. The topological polar surface area (TPSA) is 59.6 Å². The number of fused-ring (bicyclic) bond motifs is 1. The number of nitrogens with one attached hydrogen (secondary N) is 2. The fourth-order valence-corrected chi connectivity index (χ4v) is 2.06. The maximum atomic E-state index is 11.2. The summed E-state index contributed by atoms with van der Waals surface area (Å²) in [6.45, 7) is 1.95. The molecule has 0 spiro atoms. The Morgan fingerprint density at radius 1 is 1.39 bits per heavy atom. The predicted molar refractivity (Wildman–Crippen MR) is 69.7 cm³/mol. The number of carbonyl (C=O) groups excluding carboxylic acids is 1. The maximum absolute atomic E-state index is 11.2. The van der Waals surface area contributed by atoms with E-state index in [1.54, 1.807) is 0 Å². The maximum Gasteiger partial charge on any atom is 0.262 e. The highest BCUT2D eigenvalue weighted by atomic mass is 35.5. The zero-order valence-electron chi connectivity index (χ0n) is 9.77. The van der Waals surface area contributed by atoms with Gasteiger partial charge in [0.15, 0.2) is 6.61 Å².